The molecule has 0 fully saturated rings. The molecule has 1 unspecified atom stereocenters. The Hall–Kier alpha value is -3.14. The molecule has 0 spiro atoms. The van der Waals surface area contributed by atoms with Crippen LogP contribution in [-0.4, -0.2) is 23.8 Å². The normalized spacial score (nSPS) is 15.8. The Labute approximate surface area is 165 Å². The van der Waals surface area contributed by atoms with Gasteiger partial charge in [0, 0.05) is 31.6 Å². The largest absolute Gasteiger partial charge is 0.341 e. The van der Waals surface area contributed by atoms with Gasteiger partial charge in [0.1, 0.15) is 0 Å². The van der Waals surface area contributed by atoms with Gasteiger partial charge in [-0.2, -0.15) is 0 Å². The van der Waals surface area contributed by atoms with Crippen LogP contribution in [0.2, 0.25) is 0 Å². The fourth-order valence-electron chi connectivity index (χ4n) is 3.91. The van der Waals surface area contributed by atoms with Crippen LogP contribution in [0.4, 0.5) is 5.69 Å². The first-order valence-electron chi connectivity index (χ1n) is 9.71. The van der Waals surface area contributed by atoms with Crippen molar-refractivity contribution in [2.24, 2.45) is 5.92 Å². The van der Waals surface area contributed by atoms with E-state index < -0.39 is 0 Å². The lowest BCUT2D eigenvalue weighted by molar-refractivity contribution is -0.131. The van der Waals surface area contributed by atoms with Gasteiger partial charge in [-0.15, -0.1) is 0 Å². The first-order valence-corrected chi connectivity index (χ1v) is 9.71. The lowest BCUT2D eigenvalue weighted by Crippen LogP contribution is -2.32. The molecular formula is C24H24N2O2. The van der Waals surface area contributed by atoms with Crippen LogP contribution in [-0.2, 0) is 22.6 Å². The van der Waals surface area contributed by atoms with Crippen LogP contribution in [0.25, 0.3) is 10.8 Å². The summed E-state index contributed by atoms with van der Waals surface area (Å²) in [6.07, 6.45) is 1.64. The Bertz CT molecular complexity index is 1020. The summed E-state index contributed by atoms with van der Waals surface area (Å²) in [6.45, 7) is 0.569. The number of anilines is 1. The van der Waals surface area contributed by atoms with E-state index in [0.717, 1.165) is 16.8 Å². The third-order valence-corrected chi connectivity index (χ3v) is 5.53. The number of hydrogen-bond donors (Lipinski definition) is 1. The van der Waals surface area contributed by atoms with Crippen LogP contribution in [0, 0.1) is 5.92 Å². The summed E-state index contributed by atoms with van der Waals surface area (Å²) in [5.41, 5.74) is 3.17. The maximum atomic E-state index is 12.7. The molecule has 1 aliphatic heterocycles. The van der Waals surface area contributed by atoms with E-state index in [-0.39, 0.29) is 17.7 Å². The van der Waals surface area contributed by atoms with Crippen molar-refractivity contribution in [2.45, 2.75) is 25.8 Å². The van der Waals surface area contributed by atoms with Crippen LogP contribution in [0.3, 0.4) is 0 Å². The quantitative estimate of drug-likeness (QED) is 0.722. The predicted octanol–water partition coefficient (Wildman–Crippen LogP) is 4.39. The zero-order valence-corrected chi connectivity index (χ0v) is 16.0. The maximum Gasteiger partial charge on any atom is 0.227 e. The van der Waals surface area contributed by atoms with Gasteiger partial charge in [0.15, 0.2) is 0 Å². The number of para-hydroxylation sites is 1. The number of fused-ring (bicyclic) bond motifs is 2. The molecule has 1 heterocycles. The molecule has 3 aromatic rings. The minimum atomic E-state index is -0.148. The summed E-state index contributed by atoms with van der Waals surface area (Å²) in [6, 6.07) is 22.3. The SMILES string of the molecule is CN(Cc1cccc2ccccc12)C(=O)CCC1Cc2ccccc2NC1=O. The lowest BCUT2D eigenvalue weighted by atomic mass is 9.89. The second kappa shape index (κ2) is 7.85. The average molecular weight is 372 g/mol. The van der Waals surface area contributed by atoms with Crippen molar-refractivity contribution in [3.8, 4) is 0 Å². The molecule has 0 aliphatic carbocycles. The summed E-state index contributed by atoms with van der Waals surface area (Å²) in [5.74, 6) is -0.0624. The van der Waals surface area contributed by atoms with Crippen molar-refractivity contribution in [1.29, 1.82) is 0 Å². The van der Waals surface area contributed by atoms with Gasteiger partial charge < -0.3 is 10.2 Å². The standard InChI is InChI=1S/C24H24N2O2/c1-26(16-20-10-6-9-17-7-2-4-11-21(17)20)23(27)14-13-19-15-18-8-3-5-12-22(18)25-24(19)28/h2-12,19H,13-16H2,1H3,(H,25,28). The van der Waals surface area contributed by atoms with Gasteiger partial charge in [0.25, 0.3) is 0 Å². The summed E-state index contributed by atoms with van der Waals surface area (Å²) in [7, 11) is 1.83. The average Bonchev–Trinajstić information content (AvgIpc) is 2.72. The molecule has 0 saturated heterocycles. The molecule has 1 atom stereocenters. The first-order chi connectivity index (χ1) is 13.6. The van der Waals surface area contributed by atoms with Gasteiger partial charge in [0.2, 0.25) is 11.8 Å². The van der Waals surface area contributed by atoms with Gasteiger partial charge in [-0.1, -0.05) is 60.7 Å². The van der Waals surface area contributed by atoms with Crippen LogP contribution in [0.1, 0.15) is 24.0 Å². The van der Waals surface area contributed by atoms with E-state index in [0.29, 0.717) is 25.8 Å². The van der Waals surface area contributed by atoms with E-state index in [1.807, 2.05) is 49.5 Å². The maximum absolute atomic E-state index is 12.7. The van der Waals surface area contributed by atoms with E-state index in [2.05, 4.69) is 29.6 Å². The highest BCUT2D eigenvalue weighted by Crippen LogP contribution is 2.28. The van der Waals surface area contributed by atoms with Crippen molar-refractivity contribution < 1.29 is 9.59 Å². The molecule has 1 N–H and O–H groups in total. The third kappa shape index (κ3) is 3.77. The number of carbonyl (C=O) groups excluding carboxylic acids is 2. The highest BCUT2D eigenvalue weighted by Gasteiger charge is 2.26. The fraction of sp³-hybridized carbons (Fsp3) is 0.250. The zero-order chi connectivity index (χ0) is 19.5. The second-order valence-corrected chi connectivity index (χ2v) is 7.47. The topological polar surface area (TPSA) is 49.4 Å². The number of carbonyl (C=O) groups is 2. The molecule has 2 amide bonds. The highest BCUT2D eigenvalue weighted by atomic mass is 16.2. The fourth-order valence-corrected chi connectivity index (χ4v) is 3.91. The minimum Gasteiger partial charge on any atom is -0.341 e. The Morgan fingerprint density at radius 3 is 2.68 bits per heavy atom. The van der Waals surface area contributed by atoms with Crippen LogP contribution < -0.4 is 5.32 Å². The summed E-state index contributed by atoms with van der Waals surface area (Å²) >= 11 is 0. The third-order valence-electron chi connectivity index (χ3n) is 5.53. The highest BCUT2D eigenvalue weighted by molar-refractivity contribution is 5.96. The summed E-state index contributed by atoms with van der Waals surface area (Å²) in [4.78, 5) is 26.8. The monoisotopic (exact) mass is 372 g/mol. The van der Waals surface area contributed by atoms with Gasteiger partial charge >= 0.3 is 0 Å². The number of rotatable bonds is 5. The Kier molecular flexibility index (Phi) is 5.11. The molecular weight excluding hydrogens is 348 g/mol. The van der Waals surface area contributed by atoms with Crippen molar-refractivity contribution in [3.05, 3.63) is 77.9 Å². The van der Waals surface area contributed by atoms with Gasteiger partial charge in [-0.25, -0.2) is 0 Å². The van der Waals surface area contributed by atoms with Crippen LogP contribution in [0.5, 0.6) is 0 Å². The van der Waals surface area contributed by atoms with Crippen molar-refractivity contribution in [2.75, 3.05) is 12.4 Å². The van der Waals surface area contributed by atoms with E-state index >= 15 is 0 Å². The molecule has 0 saturated carbocycles. The Morgan fingerprint density at radius 2 is 1.79 bits per heavy atom. The van der Waals surface area contributed by atoms with Crippen LogP contribution >= 0.6 is 0 Å². The summed E-state index contributed by atoms with van der Waals surface area (Å²) in [5, 5.41) is 5.31. The number of hydrogen-bond acceptors (Lipinski definition) is 2. The minimum absolute atomic E-state index is 0.0169. The molecule has 142 valence electrons. The van der Waals surface area contributed by atoms with Gasteiger partial charge in [-0.3, -0.25) is 9.59 Å². The molecule has 0 radical (unpaired) electrons. The molecule has 28 heavy (non-hydrogen) atoms. The smallest absolute Gasteiger partial charge is 0.227 e. The Balaban J connectivity index is 1.38. The zero-order valence-electron chi connectivity index (χ0n) is 16.0. The number of nitrogens with zero attached hydrogens (tertiary/aromatic N) is 1. The van der Waals surface area contributed by atoms with Gasteiger partial charge in [-0.05, 0) is 40.8 Å². The summed E-state index contributed by atoms with van der Waals surface area (Å²) < 4.78 is 0. The molecule has 0 aromatic heterocycles. The van der Waals surface area contributed by atoms with E-state index in [1.54, 1.807) is 4.90 Å². The molecule has 4 nitrogen and oxygen atoms in total. The predicted molar refractivity (Wildman–Crippen MR) is 112 cm³/mol. The van der Waals surface area contributed by atoms with Crippen molar-refractivity contribution in [3.63, 3.8) is 0 Å². The molecule has 4 rings (SSSR count). The molecule has 0 bridgehead atoms. The van der Waals surface area contributed by atoms with Crippen LogP contribution in [0.15, 0.2) is 66.7 Å². The lowest BCUT2D eigenvalue weighted by Gasteiger charge is -2.25. The molecule has 1 aliphatic rings. The number of benzene rings is 3. The van der Waals surface area contributed by atoms with Gasteiger partial charge in [0.05, 0.1) is 0 Å². The number of amides is 2. The molecule has 4 heteroatoms. The second-order valence-electron chi connectivity index (χ2n) is 7.47. The van der Waals surface area contributed by atoms with E-state index in [9.17, 15) is 9.59 Å². The van der Waals surface area contributed by atoms with Crippen molar-refractivity contribution in [1.82, 2.24) is 4.90 Å². The molecule has 3 aromatic carbocycles. The Morgan fingerprint density at radius 1 is 1.04 bits per heavy atom. The number of nitrogens with one attached hydrogen (secondary N) is 1. The van der Waals surface area contributed by atoms with E-state index in [4.69, 9.17) is 0 Å². The first kappa shape index (κ1) is 18.2. The van der Waals surface area contributed by atoms with Crippen molar-refractivity contribution >= 4 is 28.3 Å². The van der Waals surface area contributed by atoms with E-state index in [1.165, 1.54) is 10.8 Å².